The van der Waals surface area contributed by atoms with Crippen LogP contribution in [-0.2, 0) is 23.6 Å². The molecule has 3 saturated heterocycles. The van der Waals surface area contributed by atoms with Gasteiger partial charge in [-0.1, -0.05) is 34.6 Å². The smallest absolute Gasteiger partial charge is 0.245 e. The lowest BCUT2D eigenvalue weighted by atomic mass is 10.0. The number of carbonyl (C=O) groups excluding carboxylic acids is 4. The first kappa shape index (κ1) is 27.6. The molecule has 4 amide bonds. The second-order valence-electron chi connectivity index (χ2n) is 12.1. The van der Waals surface area contributed by atoms with E-state index < -0.39 is 44.3 Å². The second-order valence-corrected chi connectivity index (χ2v) is 16.9. The summed E-state index contributed by atoms with van der Waals surface area (Å²) in [6.07, 6.45) is 1.75. The van der Waals surface area contributed by atoms with Crippen LogP contribution in [0.4, 0.5) is 0 Å². The summed E-state index contributed by atoms with van der Waals surface area (Å²) < 4.78 is 6.46. The summed E-state index contributed by atoms with van der Waals surface area (Å²) in [7, 11) is -2.12. The number of carbonyl (C=O) groups is 4. The summed E-state index contributed by atoms with van der Waals surface area (Å²) in [5.41, 5.74) is 5.91. The molecule has 0 unspecified atom stereocenters. The summed E-state index contributed by atoms with van der Waals surface area (Å²) in [6.45, 7) is 15.3. The average Bonchev–Trinajstić information content (AvgIpc) is 3.20. The standard InChI is InChI=1S/C24H43N5O5Si/c1-14(2)11-15-23(33)29-17(13-34-35(6,7)24(3,4)5)19(29)20(21(25)31)28-10-8-9-16(28)22(32)26-12-18(30)27-15/h14-17,19-20H,8-13H2,1-7H3,(H2,25,31)(H,26,32)(H,27,30)/t15-,16-,17+,19-,20+,29?/m0/s1. The molecule has 198 valence electrons. The number of nitrogens with two attached hydrogens (primary N) is 1. The molecule has 3 aliphatic rings. The maximum atomic E-state index is 13.7. The minimum atomic E-state index is -2.12. The van der Waals surface area contributed by atoms with Crippen molar-refractivity contribution in [3.63, 3.8) is 0 Å². The number of primary amides is 1. The van der Waals surface area contributed by atoms with Gasteiger partial charge in [-0.3, -0.25) is 24.1 Å². The molecular weight excluding hydrogens is 466 g/mol. The average molecular weight is 510 g/mol. The molecule has 0 saturated carbocycles. The van der Waals surface area contributed by atoms with E-state index in [1.165, 1.54) is 0 Å². The van der Waals surface area contributed by atoms with E-state index in [0.717, 1.165) is 6.42 Å². The second kappa shape index (κ2) is 10.2. The lowest BCUT2D eigenvalue weighted by Gasteiger charge is -2.36. The van der Waals surface area contributed by atoms with Gasteiger partial charge in [0.2, 0.25) is 23.6 Å². The van der Waals surface area contributed by atoms with E-state index in [0.29, 0.717) is 26.0 Å². The molecule has 0 bridgehead atoms. The van der Waals surface area contributed by atoms with Crippen molar-refractivity contribution < 1.29 is 23.6 Å². The fraction of sp³-hybridized carbons (Fsp3) is 0.833. The first-order valence-electron chi connectivity index (χ1n) is 12.7. The fourth-order valence-electron chi connectivity index (χ4n) is 5.00. The predicted molar refractivity (Wildman–Crippen MR) is 135 cm³/mol. The van der Waals surface area contributed by atoms with E-state index in [2.05, 4.69) is 44.5 Å². The van der Waals surface area contributed by atoms with Gasteiger partial charge in [0.05, 0.1) is 31.3 Å². The highest BCUT2D eigenvalue weighted by Crippen LogP contribution is 2.41. The van der Waals surface area contributed by atoms with Crippen molar-refractivity contribution >= 4 is 31.9 Å². The zero-order chi connectivity index (χ0) is 26.3. The highest BCUT2D eigenvalue weighted by atomic mass is 28.4. The Labute approximate surface area is 209 Å². The van der Waals surface area contributed by atoms with Crippen LogP contribution in [0.1, 0.15) is 53.9 Å². The van der Waals surface area contributed by atoms with Gasteiger partial charge < -0.3 is 25.7 Å². The molecule has 3 aliphatic heterocycles. The molecule has 0 aromatic rings. The van der Waals surface area contributed by atoms with Crippen LogP contribution < -0.4 is 16.4 Å². The van der Waals surface area contributed by atoms with E-state index in [-0.39, 0.29) is 35.4 Å². The zero-order valence-electron chi connectivity index (χ0n) is 22.2. The third-order valence-corrected chi connectivity index (χ3v) is 12.5. The highest BCUT2D eigenvalue weighted by molar-refractivity contribution is 6.74. The van der Waals surface area contributed by atoms with Gasteiger partial charge in [-0.05, 0) is 49.9 Å². The van der Waals surface area contributed by atoms with Crippen LogP contribution in [0.25, 0.3) is 0 Å². The molecule has 4 N–H and O–H groups in total. The van der Waals surface area contributed by atoms with E-state index in [4.69, 9.17) is 10.2 Å². The molecule has 0 aromatic heterocycles. The van der Waals surface area contributed by atoms with E-state index >= 15 is 0 Å². The lowest BCUT2D eigenvalue weighted by Crippen LogP contribution is -2.58. The van der Waals surface area contributed by atoms with E-state index in [1.54, 1.807) is 4.90 Å². The molecule has 0 radical (unpaired) electrons. The quantitative estimate of drug-likeness (QED) is 0.354. The van der Waals surface area contributed by atoms with E-state index in [1.807, 2.05) is 18.7 Å². The van der Waals surface area contributed by atoms with Gasteiger partial charge in [0.25, 0.3) is 0 Å². The summed E-state index contributed by atoms with van der Waals surface area (Å²) in [5.74, 6) is -1.32. The predicted octanol–water partition coefficient (Wildman–Crippen LogP) is 0.567. The Kier molecular flexibility index (Phi) is 8.03. The zero-order valence-corrected chi connectivity index (χ0v) is 23.2. The Bertz CT molecular complexity index is 858. The molecular formula is C24H43N5O5Si. The molecule has 3 rings (SSSR count). The number of fused-ring (bicyclic) bond motifs is 2. The van der Waals surface area contributed by atoms with Crippen LogP contribution in [0, 0.1) is 5.92 Å². The summed E-state index contributed by atoms with van der Waals surface area (Å²) in [4.78, 5) is 55.6. The van der Waals surface area contributed by atoms with Crippen LogP contribution >= 0.6 is 0 Å². The van der Waals surface area contributed by atoms with Gasteiger partial charge in [-0.15, -0.1) is 0 Å². The first-order chi connectivity index (χ1) is 16.2. The Morgan fingerprint density at radius 2 is 1.89 bits per heavy atom. The normalized spacial score (nSPS) is 30.7. The third-order valence-electron chi connectivity index (χ3n) is 7.99. The molecule has 35 heavy (non-hydrogen) atoms. The summed E-state index contributed by atoms with van der Waals surface area (Å²) in [6, 6.07) is -2.94. The van der Waals surface area contributed by atoms with Gasteiger partial charge in [0, 0.05) is 0 Å². The van der Waals surface area contributed by atoms with Crippen LogP contribution in [0.15, 0.2) is 0 Å². The van der Waals surface area contributed by atoms with Crippen molar-refractivity contribution in [2.24, 2.45) is 11.7 Å². The number of hydrogen-bond acceptors (Lipinski definition) is 6. The van der Waals surface area contributed by atoms with Crippen LogP contribution in [0.3, 0.4) is 0 Å². The third kappa shape index (κ3) is 5.88. The van der Waals surface area contributed by atoms with Gasteiger partial charge in [0.15, 0.2) is 8.32 Å². The van der Waals surface area contributed by atoms with Crippen LogP contribution in [-0.4, -0.2) is 91.7 Å². The Balaban J connectivity index is 1.97. The molecule has 5 atom stereocenters. The molecule has 0 aliphatic carbocycles. The van der Waals surface area contributed by atoms with Gasteiger partial charge >= 0.3 is 0 Å². The Morgan fingerprint density at radius 3 is 2.46 bits per heavy atom. The topological polar surface area (TPSA) is 134 Å². The van der Waals surface area contributed by atoms with Crippen LogP contribution in [0.5, 0.6) is 0 Å². The molecule has 0 aromatic carbocycles. The highest BCUT2D eigenvalue weighted by Gasteiger charge is 2.61. The minimum Gasteiger partial charge on any atom is -0.415 e. The summed E-state index contributed by atoms with van der Waals surface area (Å²) in [5, 5.41) is 5.48. The lowest BCUT2D eigenvalue weighted by molar-refractivity contribution is -0.136. The van der Waals surface area contributed by atoms with Gasteiger partial charge in [-0.25, -0.2) is 0 Å². The number of amides is 4. The van der Waals surface area contributed by atoms with Crippen molar-refractivity contribution in [3.8, 4) is 0 Å². The maximum absolute atomic E-state index is 13.7. The van der Waals surface area contributed by atoms with Crippen molar-refractivity contribution in [1.29, 1.82) is 0 Å². The van der Waals surface area contributed by atoms with Crippen LogP contribution in [0.2, 0.25) is 18.1 Å². The number of hydrogen-bond donors (Lipinski definition) is 3. The number of nitrogens with zero attached hydrogens (tertiary/aromatic N) is 2. The largest absolute Gasteiger partial charge is 0.415 e. The molecule has 11 heteroatoms. The Morgan fingerprint density at radius 1 is 1.23 bits per heavy atom. The van der Waals surface area contributed by atoms with Gasteiger partial charge in [0.1, 0.15) is 12.1 Å². The fourth-order valence-corrected chi connectivity index (χ4v) is 6.02. The van der Waals surface area contributed by atoms with Crippen molar-refractivity contribution in [2.45, 2.75) is 102 Å². The minimum absolute atomic E-state index is 0.0135. The molecule has 10 nitrogen and oxygen atoms in total. The van der Waals surface area contributed by atoms with Gasteiger partial charge in [-0.2, -0.15) is 0 Å². The van der Waals surface area contributed by atoms with Crippen molar-refractivity contribution in [1.82, 2.24) is 20.4 Å². The SMILES string of the molecule is CC(C)C[C@@H]1NC(=O)CNC(=O)[C@@H]2CCCN2[C@@H](C(N)=O)[C@@H]2[C@@H](CO[Si](C)(C)C(C)(C)C)N2C1=O. The van der Waals surface area contributed by atoms with E-state index in [9.17, 15) is 19.2 Å². The van der Waals surface area contributed by atoms with Crippen molar-refractivity contribution in [2.75, 3.05) is 19.7 Å². The van der Waals surface area contributed by atoms with Crippen molar-refractivity contribution in [3.05, 3.63) is 0 Å². The maximum Gasteiger partial charge on any atom is 0.245 e. The number of rotatable bonds is 6. The molecule has 0 spiro atoms. The monoisotopic (exact) mass is 509 g/mol. The molecule has 3 heterocycles. The number of nitrogens with one attached hydrogen (secondary N) is 2. The molecule has 3 fully saturated rings. The summed E-state index contributed by atoms with van der Waals surface area (Å²) >= 11 is 0. The first-order valence-corrected chi connectivity index (χ1v) is 15.6. The Hall–Kier alpha value is -1.98.